The first-order valence-corrected chi connectivity index (χ1v) is 10.8. The van der Waals surface area contributed by atoms with Gasteiger partial charge in [-0.1, -0.05) is 12.6 Å². The van der Waals surface area contributed by atoms with Crippen LogP contribution in [0.3, 0.4) is 0 Å². The first-order valence-electron chi connectivity index (χ1n) is 10.8. The molecule has 2 aromatic rings. The average molecular weight is 425 g/mol. The van der Waals surface area contributed by atoms with Gasteiger partial charge in [-0.15, -0.1) is 0 Å². The molecule has 1 fully saturated rings. The SMILES string of the molecule is C=CC(=O)N1CCC[C@@H](Nc2nc(Nc3ccc4c(c3)CCCN(C)C4)ncc2F)C1. The predicted molar refractivity (Wildman–Crippen MR) is 120 cm³/mol. The van der Waals surface area contributed by atoms with Crippen LogP contribution >= 0.6 is 0 Å². The summed E-state index contributed by atoms with van der Waals surface area (Å²) in [6.45, 7) is 6.77. The number of anilines is 3. The Morgan fingerprint density at radius 1 is 1.29 bits per heavy atom. The highest BCUT2D eigenvalue weighted by molar-refractivity contribution is 5.87. The molecule has 0 saturated carbocycles. The number of nitrogens with one attached hydrogen (secondary N) is 2. The van der Waals surface area contributed by atoms with Gasteiger partial charge in [-0.3, -0.25) is 4.79 Å². The van der Waals surface area contributed by atoms with E-state index in [4.69, 9.17) is 0 Å². The Hall–Kier alpha value is -3.00. The Balaban J connectivity index is 1.46. The van der Waals surface area contributed by atoms with Gasteiger partial charge in [0.25, 0.3) is 0 Å². The molecule has 164 valence electrons. The molecule has 0 spiro atoms. The zero-order valence-electron chi connectivity index (χ0n) is 17.9. The molecule has 1 atom stereocenters. The van der Waals surface area contributed by atoms with E-state index < -0.39 is 5.82 Å². The van der Waals surface area contributed by atoms with Crippen molar-refractivity contribution in [3.05, 3.63) is 54.0 Å². The fourth-order valence-electron chi connectivity index (χ4n) is 4.28. The van der Waals surface area contributed by atoms with Gasteiger partial charge in [0.2, 0.25) is 11.9 Å². The van der Waals surface area contributed by atoms with E-state index in [9.17, 15) is 9.18 Å². The maximum atomic E-state index is 14.4. The maximum absolute atomic E-state index is 14.4. The molecule has 2 aliphatic heterocycles. The lowest BCUT2D eigenvalue weighted by atomic mass is 10.0. The molecule has 0 unspecified atom stereocenters. The van der Waals surface area contributed by atoms with Crippen molar-refractivity contribution in [2.75, 3.05) is 37.3 Å². The third-order valence-electron chi connectivity index (χ3n) is 5.88. The number of hydrogen-bond donors (Lipinski definition) is 2. The number of piperidine rings is 1. The molecule has 1 saturated heterocycles. The van der Waals surface area contributed by atoms with Crippen molar-refractivity contribution in [2.24, 2.45) is 0 Å². The number of aromatic nitrogens is 2. The molecule has 0 aliphatic carbocycles. The van der Waals surface area contributed by atoms with Gasteiger partial charge in [0, 0.05) is 31.4 Å². The number of halogens is 1. The molecular formula is C23H29FN6O. The Kier molecular flexibility index (Phi) is 6.46. The summed E-state index contributed by atoms with van der Waals surface area (Å²) in [5.41, 5.74) is 3.55. The standard InChI is InChI=1S/C23H29FN6O/c1-3-21(31)30-11-5-7-19(15-30)26-22-20(24)13-25-23(28-22)27-18-9-8-17-14-29(2)10-4-6-16(17)12-18/h3,8-9,12-13,19H,1,4-7,10-11,14-15H2,2H3,(H2,25,26,27,28)/t19-/m1/s1. The van der Waals surface area contributed by atoms with Gasteiger partial charge in [0.1, 0.15) is 0 Å². The summed E-state index contributed by atoms with van der Waals surface area (Å²) in [6.07, 6.45) is 6.33. The lowest BCUT2D eigenvalue weighted by Gasteiger charge is -2.32. The van der Waals surface area contributed by atoms with E-state index in [1.54, 1.807) is 4.90 Å². The molecule has 7 nitrogen and oxygen atoms in total. The number of carbonyl (C=O) groups is 1. The van der Waals surface area contributed by atoms with Crippen LogP contribution in [0, 0.1) is 5.82 Å². The summed E-state index contributed by atoms with van der Waals surface area (Å²) < 4.78 is 14.4. The monoisotopic (exact) mass is 424 g/mol. The normalized spacial score (nSPS) is 19.3. The summed E-state index contributed by atoms with van der Waals surface area (Å²) in [7, 11) is 2.14. The zero-order chi connectivity index (χ0) is 21.8. The number of amides is 1. The number of fused-ring (bicyclic) bond motifs is 1. The fraction of sp³-hybridized carbons (Fsp3) is 0.435. The van der Waals surface area contributed by atoms with E-state index in [0.29, 0.717) is 19.0 Å². The Bertz CT molecular complexity index is 965. The summed E-state index contributed by atoms with van der Waals surface area (Å²) in [5, 5.41) is 6.35. The largest absolute Gasteiger partial charge is 0.363 e. The molecule has 0 radical (unpaired) electrons. The van der Waals surface area contributed by atoms with Crippen molar-refractivity contribution in [2.45, 2.75) is 38.3 Å². The molecule has 31 heavy (non-hydrogen) atoms. The zero-order valence-corrected chi connectivity index (χ0v) is 17.9. The molecule has 1 aromatic heterocycles. The van der Waals surface area contributed by atoms with E-state index in [-0.39, 0.29) is 17.8 Å². The van der Waals surface area contributed by atoms with Gasteiger partial charge in [-0.05, 0) is 68.6 Å². The van der Waals surface area contributed by atoms with Gasteiger partial charge >= 0.3 is 0 Å². The minimum absolute atomic E-state index is 0.0700. The number of likely N-dealkylation sites (tertiary alicyclic amines) is 1. The number of carbonyl (C=O) groups excluding carboxylic acids is 1. The smallest absolute Gasteiger partial charge is 0.246 e. The molecule has 1 amide bonds. The van der Waals surface area contributed by atoms with E-state index in [1.165, 1.54) is 23.4 Å². The third-order valence-corrected chi connectivity index (χ3v) is 5.88. The summed E-state index contributed by atoms with van der Waals surface area (Å²) in [4.78, 5) is 24.4. The van der Waals surface area contributed by atoms with Gasteiger partial charge in [-0.25, -0.2) is 9.37 Å². The quantitative estimate of drug-likeness (QED) is 0.718. The van der Waals surface area contributed by atoms with Crippen molar-refractivity contribution in [3.63, 3.8) is 0 Å². The Morgan fingerprint density at radius 3 is 3.00 bits per heavy atom. The van der Waals surface area contributed by atoms with Crippen LogP contribution in [0.5, 0.6) is 0 Å². The highest BCUT2D eigenvalue weighted by Crippen LogP contribution is 2.24. The van der Waals surface area contributed by atoms with Gasteiger partial charge in [0.05, 0.1) is 6.20 Å². The Labute approximate surface area is 182 Å². The molecule has 1 aromatic carbocycles. The van der Waals surface area contributed by atoms with E-state index >= 15 is 0 Å². The van der Waals surface area contributed by atoms with Crippen molar-refractivity contribution in [3.8, 4) is 0 Å². The summed E-state index contributed by atoms with van der Waals surface area (Å²) in [5.74, 6) is -0.134. The second-order valence-electron chi connectivity index (χ2n) is 8.31. The fourth-order valence-corrected chi connectivity index (χ4v) is 4.28. The third kappa shape index (κ3) is 5.19. The first-order chi connectivity index (χ1) is 15.0. The topological polar surface area (TPSA) is 73.4 Å². The Morgan fingerprint density at radius 2 is 2.16 bits per heavy atom. The minimum Gasteiger partial charge on any atom is -0.363 e. The minimum atomic E-state index is -0.511. The van der Waals surface area contributed by atoms with Crippen LogP contribution < -0.4 is 10.6 Å². The molecule has 4 rings (SSSR count). The number of benzene rings is 1. The van der Waals surface area contributed by atoms with Crippen molar-refractivity contribution >= 4 is 23.4 Å². The lowest BCUT2D eigenvalue weighted by Crippen LogP contribution is -2.44. The van der Waals surface area contributed by atoms with E-state index in [0.717, 1.165) is 44.5 Å². The van der Waals surface area contributed by atoms with E-state index in [1.807, 2.05) is 6.07 Å². The molecule has 8 heteroatoms. The van der Waals surface area contributed by atoms with Crippen LogP contribution in [0.25, 0.3) is 0 Å². The van der Waals surface area contributed by atoms with Gasteiger partial charge in [-0.2, -0.15) is 4.98 Å². The first kappa shape index (κ1) is 21.2. The van der Waals surface area contributed by atoms with Crippen LogP contribution in [-0.2, 0) is 17.8 Å². The highest BCUT2D eigenvalue weighted by Gasteiger charge is 2.23. The van der Waals surface area contributed by atoms with Crippen molar-refractivity contribution in [1.29, 1.82) is 0 Å². The number of nitrogens with zero attached hydrogens (tertiary/aromatic N) is 4. The summed E-state index contributed by atoms with van der Waals surface area (Å²) in [6, 6.07) is 6.21. The van der Waals surface area contributed by atoms with Crippen molar-refractivity contribution in [1.82, 2.24) is 19.8 Å². The number of aryl methyl sites for hydroxylation is 1. The van der Waals surface area contributed by atoms with Crippen molar-refractivity contribution < 1.29 is 9.18 Å². The van der Waals surface area contributed by atoms with Crippen LogP contribution in [0.4, 0.5) is 21.8 Å². The average Bonchev–Trinajstić information content (AvgIpc) is 2.96. The molecular weight excluding hydrogens is 395 g/mol. The number of rotatable bonds is 5. The maximum Gasteiger partial charge on any atom is 0.246 e. The van der Waals surface area contributed by atoms with Gasteiger partial charge in [0.15, 0.2) is 11.6 Å². The molecule has 0 bridgehead atoms. The number of hydrogen-bond acceptors (Lipinski definition) is 6. The molecule has 3 heterocycles. The van der Waals surface area contributed by atoms with Crippen LogP contribution in [0.15, 0.2) is 37.1 Å². The van der Waals surface area contributed by atoms with E-state index in [2.05, 4.69) is 51.3 Å². The van der Waals surface area contributed by atoms with Crippen LogP contribution in [0.2, 0.25) is 0 Å². The van der Waals surface area contributed by atoms with Crippen LogP contribution in [0.1, 0.15) is 30.4 Å². The second kappa shape index (κ2) is 9.43. The van der Waals surface area contributed by atoms with Crippen LogP contribution in [-0.4, -0.2) is 58.4 Å². The predicted octanol–water partition coefficient (Wildman–Crippen LogP) is 3.33. The highest BCUT2D eigenvalue weighted by atomic mass is 19.1. The summed E-state index contributed by atoms with van der Waals surface area (Å²) >= 11 is 0. The molecule has 2 aliphatic rings. The van der Waals surface area contributed by atoms with Gasteiger partial charge < -0.3 is 20.4 Å². The lowest BCUT2D eigenvalue weighted by molar-refractivity contribution is -0.127. The molecule has 2 N–H and O–H groups in total. The second-order valence-corrected chi connectivity index (χ2v) is 8.31.